The van der Waals surface area contributed by atoms with Crippen molar-refractivity contribution in [2.24, 2.45) is 5.84 Å². The van der Waals surface area contributed by atoms with E-state index in [2.05, 4.69) is 44.5 Å². The number of nitrogens with two attached hydrogens (primary N) is 1. The van der Waals surface area contributed by atoms with E-state index in [0.29, 0.717) is 5.69 Å². The summed E-state index contributed by atoms with van der Waals surface area (Å²) in [5.74, 6) is 4.77. The first kappa shape index (κ1) is 13.8. The molecule has 0 atom stereocenters. The van der Waals surface area contributed by atoms with Gasteiger partial charge in [-0.1, -0.05) is 18.2 Å². The molecule has 2 aromatic rings. The van der Waals surface area contributed by atoms with Crippen LogP contribution < -0.4 is 21.1 Å². The molecule has 0 bridgehead atoms. The van der Waals surface area contributed by atoms with Gasteiger partial charge in [-0.3, -0.25) is 10.2 Å². The fraction of sp³-hybridized carbons (Fsp3) is 0.286. The summed E-state index contributed by atoms with van der Waals surface area (Å²) in [5, 5.41) is 2.61. The number of hydrogen-bond donors (Lipinski definition) is 2. The first-order valence-electron chi connectivity index (χ1n) is 6.79. The maximum Gasteiger partial charge on any atom is 0.284 e. The number of hydrogen-bond acceptors (Lipinski definition) is 6. The van der Waals surface area contributed by atoms with E-state index >= 15 is 0 Å². The molecule has 7 heteroatoms. The number of aromatic nitrogens is 1. The molecular weight excluding hydrogens is 286 g/mol. The number of nitrogen functional groups attached to an aromatic ring is 1. The Balaban J connectivity index is 1.63. The van der Waals surface area contributed by atoms with E-state index in [-0.39, 0.29) is 5.91 Å². The van der Waals surface area contributed by atoms with Crippen LogP contribution in [0.1, 0.15) is 10.5 Å². The second kappa shape index (κ2) is 6.11. The van der Waals surface area contributed by atoms with Gasteiger partial charge in [0.2, 0.25) is 0 Å². The Morgan fingerprint density at radius 3 is 2.48 bits per heavy atom. The van der Waals surface area contributed by atoms with Gasteiger partial charge in [0, 0.05) is 37.2 Å². The Bertz CT molecular complexity index is 607. The standard InChI is InChI=1S/C14H17N5OS/c15-17-13(20)12-10-21-14(16-12)19-8-6-18(7-9-19)11-4-2-1-3-5-11/h1-5,10H,6-9,15H2,(H,17,20). The van der Waals surface area contributed by atoms with Crippen LogP contribution in [0.25, 0.3) is 0 Å². The Morgan fingerprint density at radius 2 is 1.81 bits per heavy atom. The maximum atomic E-state index is 11.4. The Morgan fingerprint density at radius 1 is 1.14 bits per heavy atom. The second-order valence-electron chi connectivity index (χ2n) is 4.80. The van der Waals surface area contributed by atoms with Gasteiger partial charge < -0.3 is 9.80 Å². The number of nitrogens with one attached hydrogen (secondary N) is 1. The highest BCUT2D eigenvalue weighted by molar-refractivity contribution is 7.13. The highest BCUT2D eigenvalue weighted by Gasteiger charge is 2.20. The summed E-state index contributed by atoms with van der Waals surface area (Å²) in [7, 11) is 0. The largest absolute Gasteiger partial charge is 0.368 e. The van der Waals surface area contributed by atoms with Crippen LogP contribution in [-0.4, -0.2) is 37.1 Å². The molecule has 0 unspecified atom stereocenters. The number of para-hydroxylation sites is 1. The van der Waals surface area contributed by atoms with Gasteiger partial charge in [-0.25, -0.2) is 10.8 Å². The molecule has 1 aliphatic rings. The van der Waals surface area contributed by atoms with Crippen LogP contribution in [0.3, 0.4) is 0 Å². The van der Waals surface area contributed by atoms with Gasteiger partial charge in [0.05, 0.1) is 0 Å². The number of anilines is 2. The highest BCUT2D eigenvalue weighted by Crippen LogP contribution is 2.23. The van der Waals surface area contributed by atoms with Gasteiger partial charge in [0.25, 0.3) is 5.91 Å². The number of carbonyl (C=O) groups excluding carboxylic acids is 1. The number of hydrazine groups is 1. The second-order valence-corrected chi connectivity index (χ2v) is 5.63. The molecule has 110 valence electrons. The molecule has 3 rings (SSSR count). The summed E-state index contributed by atoms with van der Waals surface area (Å²) >= 11 is 1.48. The smallest absolute Gasteiger partial charge is 0.284 e. The van der Waals surface area contributed by atoms with Crippen LogP contribution in [0.15, 0.2) is 35.7 Å². The molecule has 1 saturated heterocycles. The molecule has 0 radical (unpaired) electrons. The molecule has 0 spiro atoms. The van der Waals surface area contributed by atoms with Gasteiger partial charge in [-0.2, -0.15) is 0 Å². The van der Waals surface area contributed by atoms with Crippen LogP contribution >= 0.6 is 11.3 Å². The normalized spacial score (nSPS) is 15.1. The van der Waals surface area contributed by atoms with Crippen molar-refractivity contribution in [2.45, 2.75) is 0 Å². The molecule has 0 aliphatic carbocycles. The Kier molecular flexibility index (Phi) is 4.03. The van der Waals surface area contributed by atoms with Crippen LogP contribution in [0.4, 0.5) is 10.8 Å². The molecule has 3 N–H and O–H groups in total. The monoisotopic (exact) mass is 303 g/mol. The number of nitrogens with zero attached hydrogens (tertiary/aromatic N) is 3. The molecule has 21 heavy (non-hydrogen) atoms. The lowest BCUT2D eigenvalue weighted by Crippen LogP contribution is -2.46. The molecular formula is C14H17N5OS. The van der Waals surface area contributed by atoms with Crippen molar-refractivity contribution in [3.05, 3.63) is 41.4 Å². The van der Waals surface area contributed by atoms with E-state index in [1.54, 1.807) is 5.38 Å². The first-order chi connectivity index (χ1) is 10.3. The summed E-state index contributed by atoms with van der Waals surface area (Å²) in [6, 6.07) is 10.4. The molecule has 1 aliphatic heterocycles. The summed E-state index contributed by atoms with van der Waals surface area (Å²) in [6.45, 7) is 3.68. The van der Waals surface area contributed by atoms with Crippen LogP contribution in [-0.2, 0) is 0 Å². The fourth-order valence-electron chi connectivity index (χ4n) is 2.38. The molecule has 1 aromatic carbocycles. The van der Waals surface area contributed by atoms with E-state index in [4.69, 9.17) is 5.84 Å². The van der Waals surface area contributed by atoms with Crippen LogP contribution in [0.5, 0.6) is 0 Å². The van der Waals surface area contributed by atoms with E-state index in [1.165, 1.54) is 17.0 Å². The quantitative estimate of drug-likeness (QED) is 0.504. The van der Waals surface area contributed by atoms with Gasteiger partial charge in [0.1, 0.15) is 5.69 Å². The van der Waals surface area contributed by atoms with Crippen molar-refractivity contribution in [1.29, 1.82) is 0 Å². The number of benzene rings is 1. The predicted octanol–water partition coefficient (Wildman–Crippen LogP) is 1.07. The van der Waals surface area contributed by atoms with E-state index in [1.807, 2.05) is 6.07 Å². The number of rotatable bonds is 3. The zero-order valence-electron chi connectivity index (χ0n) is 11.5. The van der Waals surface area contributed by atoms with E-state index < -0.39 is 0 Å². The minimum Gasteiger partial charge on any atom is -0.368 e. The van der Waals surface area contributed by atoms with Crippen molar-refractivity contribution >= 4 is 28.1 Å². The Hall–Kier alpha value is -2.12. The molecule has 1 fully saturated rings. The zero-order chi connectivity index (χ0) is 14.7. The molecule has 6 nitrogen and oxygen atoms in total. The van der Waals surface area contributed by atoms with Gasteiger partial charge in [0.15, 0.2) is 5.13 Å². The Labute approximate surface area is 127 Å². The molecule has 1 amide bonds. The summed E-state index contributed by atoms with van der Waals surface area (Å²) in [6.07, 6.45) is 0. The van der Waals surface area contributed by atoms with Crippen molar-refractivity contribution in [3.8, 4) is 0 Å². The SMILES string of the molecule is NNC(=O)c1csc(N2CCN(c3ccccc3)CC2)n1. The van der Waals surface area contributed by atoms with Crippen molar-refractivity contribution < 1.29 is 4.79 Å². The predicted molar refractivity (Wildman–Crippen MR) is 84.6 cm³/mol. The average Bonchev–Trinajstić information content (AvgIpc) is 3.05. The third kappa shape index (κ3) is 2.98. The van der Waals surface area contributed by atoms with Gasteiger partial charge in [-0.05, 0) is 12.1 Å². The molecule has 2 heterocycles. The van der Waals surface area contributed by atoms with Crippen LogP contribution in [0.2, 0.25) is 0 Å². The molecule has 0 saturated carbocycles. The highest BCUT2D eigenvalue weighted by atomic mass is 32.1. The van der Waals surface area contributed by atoms with Crippen molar-refractivity contribution in [3.63, 3.8) is 0 Å². The molecule has 1 aromatic heterocycles. The number of thiazole rings is 1. The minimum absolute atomic E-state index is 0.347. The summed E-state index contributed by atoms with van der Waals surface area (Å²) in [4.78, 5) is 20.3. The van der Waals surface area contributed by atoms with Crippen molar-refractivity contribution in [1.82, 2.24) is 10.4 Å². The number of amides is 1. The van der Waals surface area contributed by atoms with Crippen LogP contribution in [0, 0.1) is 0 Å². The first-order valence-corrected chi connectivity index (χ1v) is 7.67. The fourth-order valence-corrected chi connectivity index (χ4v) is 3.24. The third-order valence-corrected chi connectivity index (χ3v) is 4.43. The van der Waals surface area contributed by atoms with Crippen molar-refractivity contribution in [2.75, 3.05) is 36.0 Å². The summed E-state index contributed by atoms with van der Waals surface area (Å²) in [5.41, 5.74) is 3.73. The van der Waals surface area contributed by atoms with E-state index in [9.17, 15) is 4.79 Å². The maximum absolute atomic E-state index is 11.4. The van der Waals surface area contributed by atoms with Gasteiger partial charge >= 0.3 is 0 Å². The lowest BCUT2D eigenvalue weighted by Gasteiger charge is -2.35. The number of carbonyl (C=O) groups is 1. The lowest BCUT2D eigenvalue weighted by atomic mass is 10.2. The topological polar surface area (TPSA) is 74.5 Å². The van der Waals surface area contributed by atoms with E-state index in [0.717, 1.165) is 31.3 Å². The van der Waals surface area contributed by atoms with Gasteiger partial charge in [-0.15, -0.1) is 11.3 Å². The third-order valence-electron chi connectivity index (χ3n) is 3.53. The minimum atomic E-state index is -0.347. The number of piperazine rings is 1. The zero-order valence-corrected chi connectivity index (χ0v) is 12.3. The average molecular weight is 303 g/mol. The summed E-state index contributed by atoms with van der Waals surface area (Å²) < 4.78 is 0. The lowest BCUT2D eigenvalue weighted by molar-refractivity contribution is 0.0949.